The smallest absolute Gasteiger partial charge is 0.417 e. The topological polar surface area (TPSA) is 45.9 Å². The highest BCUT2D eigenvalue weighted by atomic mass is 32.2. The molecule has 26 heavy (non-hydrogen) atoms. The maximum atomic E-state index is 13.4. The third-order valence-corrected chi connectivity index (χ3v) is 4.34. The molecule has 2 rings (SSSR count). The summed E-state index contributed by atoms with van der Waals surface area (Å²) in [5, 5.41) is 9.24. The Labute approximate surface area is 154 Å². The largest absolute Gasteiger partial charge is 0.494 e. The van der Waals surface area contributed by atoms with Crippen LogP contribution in [0.5, 0.6) is 5.75 Å². The summed E-state index contributed by atoms with van der Waals surface area (Å²) in [7, 11) is 0. The van der Waals surface area contributed by atoms with Gasteiger partial charge in [0.15, 0.2) is 0 Å². The van der Waals surface area contributed by atoms with Crippen LogP contribution in [0, 0.1) is 11.3 Å². The van der Waals surface area contributed by atoms with E-state index in [0.29, 0.717) is 23.7 Å². The molecule has 3 nitrogen and oxygen atoms in total. The number of halogens is 3. The summed E-state index contributed by atoms with van der Waals surface area (Å²) in [4.78, 5) is 4.27. The number of aromatic nitrogens is 1. The molecule has 1 aromatic heterocycles. The van der Waals surface area contributed by atoms with Crippen LogP contribution in [-0.4, -0.2) is 17.3 Å². The molecule has 7 heteroatoms. The zero-order valence-electron chi connectivity index (χ0n) is 14.1. The lowest BCUT2D eigenvalue weighted by Gasteiger charge is -2.14. The minimum Gasteiger partial charge on any atom is -0.494 e. The monoisotopic (exact) mass is 378 g/mol. The summed E-state index contributed by atoms with van der Waals surface area (Å²) in [5.41, 5.74) is -0.770. The van der Waals surface area contributed by atoms with Crippen molar-refractivity contribution in [1.29, 1.82) is 5.26 Å². The second-order valence-electron chi connectivity index (χ2n) is 5.32. The molecule has 0 spiro atoms. The van der Waals surface area contributed by atoms with Crippen LogP contribution in [0.1, 0.15) is 24.5 Å². The predicted octanol–water partition coefficient (Wildman–Crippen LogP) is 5.71. The highest BCUT2D eigenvalue weighted by molar-refractivity contribution is 7.99. The molecule has 136 valence electrons. The van der Waals surface area contributed by atoms with Gasteiger partial charge in [0.1, 0.15) is 16.8 Å². The highest BCUT2D eigenvalue weighted by Gasteiger charge is 2.36. The molecule has 0 bridgehead atoms. The van der Waals surface area contributed by atoms with Crippen molar-refractivity contribution in [3.63, 3.8) is 0 Å². The summed E-state index contributed by atoms with van der Waals surface area (Å²) in [5.74, 6) is 0.994. The van der Waals surface area contributed by atoms with Crippen LogP contribution in [0.15, 0.2) is 48.0 Å². The van der Waals surface area contributed by atoms with Gasteiger partial charge in [-0.2, -0.15) is 18.4 Å². The van der Waals surface area contributed by atoms with Crippen LogP contribution in [0.2, 0.25) is 0 Å². The van der Waals surface area contributed by atoms with Crippen LogP contribution >= 0.6 is 11.8 Å². The van der Waals surface area contributed by atoms with E-state index >= 15 is 0 Å². The number of ether oxygens (including phenoxy) is 1. The van der Waals surface area contributed by atoms with Crippen molar-refractivity contribution in [2.45, 2.75) is 24.5 Å². The molecule has 1 aromatic carbocycles. The predicted molar refractivity (Wildman–Crippen MR) is 96.1 cm³/mol. The van der Waals surface area contributed by atoms with Gasteiger partial charge in [-0.25, -0.2) is 4.98 Å². The van der Waals surface area contributed by atoms with Crippen LogP contribution in [0.4, 0.5) is 13.2 Å². The van der Waals surface area contributed by atoms with Gasteiger partial charge in [0.05, 0.1) is 23.4 Å². The van der Waals surface area contributed by atoms with Gasteiger partial charge in [-0.15, -0.1) is 18.3 Å². The molecule has 0 aliphatic carbocycles. The fourth-order valence-corrected chi connectivity index (χ4v) is 2.92. The number of benzene rings is 1. The van der Waals surface area contributed by atoms with Crippen molar-refractivity contribution in [3.05, 3.63) is 54.1 Å². The number of hydrogen-bond donors (Lipinski definition) is 0. The van der Waals surface area contributed by atoms with Gasteiger partial charge in [-0.05, 0) is 36.8 Å². The Bertz CT molecular complexity index is 811. The van der Waals surface area contributed by atoms with Gasteiger partial charge in [-0.3, -0.25) is 0 Å². The van der Waals surface area contributed by atoms with Crippen LogP contribution < -0.4 is 4.74 Å². The third kappa shape index (κ3) is 4.79. The van der Waals surface area contributed by atoms with Crippen molar-refractivity contribution in [2.75, 3.05) is 12.4 Å². The molecule has 0 fully saturated rings. The summed E-state index contributed by atoms with van der Waals surface area (Å²) in [6, 6.07) is 9.23. The van der Waals surface area contributed by atoms with Crippen molar-refractivity contribution < 1.29 is 17.9 Å². The van der Waals surface area contributed by atoms with E-state index in [2.05, 4.69) is 11.6 Å². The van der Waals surface area contributed by atoms with E-state index in [-0.39, 0.29) is 10.7 Å². The number of nitriles is 1. The standard InChI is InChI=1S/C19H17F3N2OS/c1-3-9-25-14-7-5-13(6-8-14)17-11-16(19(20,21)22)15(12-23)18(24-17)26-10-4-2/h4-8,11H,2-3,9-10H2,1H3. The SMILES string of the molecule is C=CCSc1nc(-c2ccc(OCCC)cc2)cc(C(F)(F)F)c1C#N. The van der Waals surface area contributed by atoms with Gasteiger partial charge in [0.2, 0.25) is 0 Å². The molecule has 0 atom stereocenters. The number of rotatable bonds is 7. The first-order valence-corrected chi connectivity index (χ1v) is 8.88. The van der Waals surface area contributed by atoms with E-state index < -0.39 is 17.3 Å². The summed E-state index contributed by atoms with van der Waals surface area (Å²) < 4.78 is 45.7. The zero-order valence-corrected chi connectivity index (χ0v) is 15.0. The number of thioether (sulfide) groups is 1. The Morgan fingerprint density at radius 2 is 2.00 bits per heavy atom. The number of hydrogen-bond acceptors (Lipinski definition) is 4. The fourth-order valence-electron chi connectivity index (χ4n) is 2.19. The molecule has 0 N–H and O–H groups in total. The molecule has 2 aromatic rings. The fraction of sp³-hybridized carbons (Fsp3) is 0.263. The molecular weight excluding hydrogens is 361 g/mol. The van der Waals surface area contributed by atoms with E-state index in [4.69, 9.17) is 4.74 Å². The zero-order chi connectivity index (χ0) is 19.2. The van der Waals surface area contributed by atoms with E-state index in [1.165, 1.54) is 0 Å². The second kappa shape index (κ2) is 8.77. The van der Waals surface area contributed by atoms with Gasteiger partial charge < -0.3 is 4.74 Å². The van der Waals surface area contributed by atoms with Gasteiger partial charge in [0, 0.05) is 11.3 Å². The van der Waals surface area contributed by atoms with E-state index in [1.807, 2.05) is 6.92 Å². The molecule has 0 saturated carbocycles. The number of pyridine rings is 1. The highest BCUT2D eigenvalue weighted by Crippen LogP contribution is 2.38. The molecule has 0 saturated heterocycles. The lowest BCUT2D eigenvalue weighted by atomic mass is 10.1. The Morgan fingerprint density at radius 1 is 1.31 bits per heavy atom. The molecule has 0 radical (unpaired) electrons. The summed E-state index contributed by atoms with van der Waals surface area (Å²) in [6.45, 7) is 6.10. The van der Waals surface area contributed by atoms with Crippen molar-refractivity contribution in [3.8, 4) is 23.1 Å². The van der Waals surface area contributed by atoms with E-state index in [1.54, 1.807) is 36.4 Å². The average Bonchev–Trinajstić information content (AvgIpc) is 2.63. The van der Waals surface area contributed by atoms with Crippen molar-refractivity contribution in [1.82, 2.24) is 4.98 Å². The third-order valence-electron chi connectivity index (χ3n) is 3.36. The molecule has 0 unspecified atom stereocenters. The first kappa shape index (κ1) is 19.9. The van der Waals surface area contributed by atoms with Crippen molar-refractivity contribution in [2.24, 2.45) is 0 Å². The van der Waals surface area contributed by atoms with Crippen LogP contribution in [-0.2, 0) is 6.18 Å². The van der Waals surface area contributed by atoms with E-state index in [0.717, 1.165) is 24.2 Å². The Hall–Kier alpha value is -2.46. The quantitative estimate of drug-likeness (QED) is 0.458. The Kier molecular flexibility index (Phi) is 6.70. The Balaban J connectivity index is 2.51. The Morgan fingerprint density at radius 3 is 2.54 bits per heavy atom. The van der Waals surface area contributed by atoms with Crippen LogP contribution in [0.3, 0.4) is 0 Å². The summed E-state index contributed by atoms with van der Waals surface area (Å²) >= 11 is 1.05. The minimum atomic E-state index is -4.64. The molecule has 1 heterocycles. The van der Waals surface area contributed by atoms with E-state index in [9.17, 15) is 18.4 Å². The second-order valence-corrected chi connectivity index (χ2v) is 6.33. The van der Waals surface area contributed by atoms with Gasteiger partial charge >= 0.3 is 6.18 Å². The van der Waals surface area contributed by atoms with Gasteiger partial charge in [0.25, 0.3) is 0 Å². The summed E-state index contributed by atoms with van der Waals surface area (Å²) in [6.07, 6.45) is -2.23. The van der Waals surface area contributed by atoms with Crippen molar-refractivity contribution >= 4 is 11.8 Å². The minimum absolute atomic E-state index is 0.0449. The van der Waals surface area contributed by atoms with Crippen LogP contribution in [0.25, 0.3) is 11.3 Å². The first-order chi connectivity index (χ1) is 12.4. The molecule has 0 aliphatic heterocycles. The average molecular weight is 378 g/mol. The number of nitrogens with zero attached hydrogens (tertiary/aromatic N) is 2. The first-order valence-electron chi connectivity index (χ1n) is 7.90. The lowest BCUT2D eigenvalue weighted by molar-refractivity contribution is -0.138. The maximum Gasteiger partial charge on any atom is 0.417 e. The number of alkyl halides is 3. The molecular formula is C19H17F3N2OS. The lowest BCUT2D eigenvalue weighted by Crippen LogP contribution is -2.10. The molecule has 0 aliphatic rings. The normalized spacial score (nSPS) is 11.0. The molecule has 0 amide bonds. The maximum absolute atomic E-state index is 13.4. The van der Waals surface area contributed by atoms with Gasteiger partial charge in [-0.1, -0.05) is 13.0 Å².